The number of halogens is 1. The van der Waals surface area contributed by atoms with E-state index in [9.17, 15) is 4.39 Å². The topological polar surface area (TPSA) is 20.2 Å². The molecule has 0 aromatic heterocycles. The fourth-order valence-electron chi connectivity index (χ4n) is 1.89. The van der Waals surface area contributed by atoms with Crippen LogP contribution in [0.2, 0.25) is 0 Å². The van der Waals surface area contributed by atoms with Crippen molar-refractivity contribution < 1.29 is 9.50 Å². The minimum absolute atomic E-state index is 0.0822. The monoisotopic (exact) mass is 230 g/mol. The minimum Gasteiger partial charge on any atom is -0.396 e. The van der Waals surface area contributed by atoms with Crippen molar-refractivity contribution in [2.24, 2.45) is 0 Å². The smallest absolute Gasteiger partial charge is 0.131 e. The van der Waals surface area contributed by atoms with Gasteiger partial charge in [0, 0.05) is 12.2 Å². The molecule has 0 spiro atoms. The number of aliphatic hydroxyl groups excluding tert-OH is 1. The lowest BCUT2D eigenvalue weighted by molar-refractivity contribution is 0.299. The van der Waals surface area contributed by atoms with Gasteiger partial charge >= 0.3 is 0 Å². The van der Waals surface area contributed by atoms with Crippen LogP contribution in [0.5, 0.6) is 0 Å². The Labute approximate surface area is 101 Å². The fourth-order valence-corrected chi connectivity index (χ4v) is 1.89. The van der Waals surface area contributed by atoms with E-state index in [4.69, 9.17) is 5.11 Å². The number of hydrogen-bond donors (Lipinski definition) is 1. The molecular formula is C15H15FO. The Morgan fingerprint density at radius 3 is 2.65 bits per heavy atom. The number of aliphatic hydroxyl groups is 1. The molecule has 1 N–H and O–H groups in total. The van der Waals surface area contributed by atoms with Crippen LogP contribution in [0.25, 0.3) is 11.1 Å². The van der Waals surface area contributed by atoms with Crippen LogP contribution < -0.4 is 0 Å². The number of rotatable bonds is 3. The van der Waals surface area contributed by atoms with Gasteiger partial charge in [0.15, 0.2) is 0 Å². The van der Waals surface area contributed by atoms with E-state index in [-0.39, 0.29) is 12.4 Å². The van der Waals surface area contributed by atoms with Gasteiger partial charge in [-0.1, -0.05) is 35.9 Å². The van der Waals surface area contributed by atoms with Gasteiger partial charge in [-0.05, 0) is 36.6 Å². The standard InChI is InChI=1S/C15H15FO/c1-11-3-2-4-13(9-11)14-10-12(7-8-17)5-6-15(14)16/h2-6,9-10,17H,7-8H2,1H3. The Bertz CT molecular complexity index is 520. The predicted molar refractivity (Wildman–Crippen MR) is 67.4 cm³/mol. The van der Waals surface area contributed by atoms with Gasteiger partial charge in [-0.25, -0.2) is 4.39 Å². The molecule has 2 aromatic carbocycles. The molecule has 0 unspecified atom stereocenters. The van der Waals surface area contributed by atoms with Crippen LogP contribution in [0.1, 0.15) is 11.1 Å². The van der Waals surface area contributed by atoms with Gasteiger partial charge in [-0.15, -0.1) is 0 Å². The lowest BCUT2D eigenvalue weighted by atomic mass is 10.00. The minimum atomic E-state index is -0.225. The summed E-state index contributed by atoms with van der Waals surface area (Å²) in [6.45, 7) is 2.07. The third-order valence-corrected chi connectivity index (χ3v) is 2.76. The number of benzene rings is 2. The molecule has 1 nitrogen and oxygen atoms in total. The normalized spacial score (nSPS) is 10.5. The number of aryl methyl sites for hydroxylation is 1. The quantitative estimate of drug-likeness (QED) is 0.857. The second kappa shape index (κ2) is 5.11. The van der Waals surface area contributed by atoms with E-state index in [0.717, 1.165) is 16.7 Å². The van der Waals surface area contributed by atoms with E-state index in [0.29, 0.717) is 12.0 Å². The van der Waals surface area contributed by atoms with Gasteiger partial charge in [-0.3, -0.25) is 0 Å². The van der Waals surface area contributed by atoms with Crippen molar-refractivity contribution in [3.8, 4) is 11.1 Å². The van der Waals surface area contributed by atoms with E-state index < -0.39 is 0 Å². The molecule has 0 fully saturated rings. The maximum Gasteiger partial charge on any atom is 0.131 e. The molecule has 2 aromatic rings. The lowest BCUT2D eigenvalue weighted by Crippen LogP contribution is -1.93. The van der Waals surface area contributed by atoms with Crippen molar-refractivity contribution in [3.05, 3.63) is 59.4 Å². The van der Waals surface area contributed by atoms with E-state index in [1.165, 1.54) is 6.07 Å². The molecular weight excluding hydrogens is 215 g/mol. The summed E-state index contributed by atoms with van der Waals surface area (Å²) in [6, 6.07) is 12.7. The largest absolute Gasteiger partial charge is 0.396 e. The molecule has 0 saturated carbocycles. The fraction of sp³-hybridized carbons (Fsp3) is 0.200. The molecule has 0 bridgehead atoms. The Morgan fingerprint density at radius 2 is 1.94 bits per heavy atom. The highest BCUT2D eigenvalue weighted by molar-refractivity contribution is 5.65. The first kappa shape index (κ1) is 11.8. The van der Waals surface area contributed by atoms with Crippen molar-refractivity contribution in [3.63, 3.8) is 0 Å². The summed E-state index contributed by atoms with van der Waals surface area (Å²) in [5.41, 5.74) is 3.53. The van der Waals surface area contributed by atoms with Crippen LogP contribution in [0.15, 0.2) is 42.5 Å². The SMILES string of the molecule is Cc1cccc(-c2cc(CCO)ccc2F)c1. The van der Waals surface area contributed by atoms with Crippen molar-refractivity contribution in [1.29, 1.82) is 0 Å². The molecule has 0 atom stereocenters. The third-order valence-electron chi connectivity index (χ3n) is 2.76. The van der Waals surface area contributed by atoms with Gasteiger partial charge in [0.1, 0.15) is 5.82 Å². The summed E-state index contributed by atoms with van der Waals surface area (Å²) in [6.07, 6.45) is 0.555. The van der Waals surface area contributed by atoms with E-state index in [1.807, 2.05) is 31.2 Å². The molecule has 0 saturated heterocycles. The van der Waals surface area contributed by atoms with Crippen LogP contribution in [-0.4, -0.2) is 11.7 Å². The molecule has 0 aliphatic rings. The van der Waals surface area contributed by atoms with Gasteiger partial charge in [0.2, 0.25) is 0 Å². The first-order valence-electron chi connectivity index (χ1n) is 5.67. The summed E-state index contributed by atoms with van der Waals surface area (Å²) in [7, 11) is 0. The zero-order valence-electron chi connectivity index (χ0n) is 9.78. The lowest BCUT2D eigenvalue weighted by Gasteiger charge is -2.07. The van der Waals surface area contributed by atoms with Crippen molar-refractivity contribution in [2.75, 3.05) is 6.61 Å². The van der Waals surface area contributed by atoms with E-state index in [2.05, 4.69) is 0 Å². The zero-order chi connectivity index (χ0) is 12.3. The average molecular weight is 230 g/mol. The Hall–Kier alpha value is -1.67. The highest BCUT2D eigenvalue weighted by Crippen LogP contribution is 2.24. The van der Waals surface area contributed by atoms with E-state index >= 15 is 0 Å². The Morgan fingerprint density at radius 1 is 1.12 bits per heavy atom. The summed E-state index contributed by atoms with van der Waals surface area (Å²) in [4.78, 5) is 0. The van der Waals surface area contributed by atoms with Gasteiger partial charge in [0.05, 0.1) is 0 Å². The van der Waals surface area contributed by atoms with Crippen molar-refractivity contribution in [2.45, 2.75) is 13.3 Å². The molecule has 2 rings (SSSR count). The summed E-state index contributed by atoms with van der Waals surface area (Å²) in [5.74, 6) is -0.225. The molecule has 0 aliphatic heterocycles. The molecule has 2 heteroatoms. The first-order chi connectivity index (χ1) is 8.20. The maximum atomic E-state index is 13.8. The predicted octanol–water partition coefficient (Wildman–Crippen LogP) is 3.34. The Kier molecular flexibility index (Phi) is 3.55. The zero-order valence-corrected chi connectivity index (χ0v) is 9.78. The second-order valence-electron chi connectivity index (χ2n) is 4.16. The van der Waals surface area contributed by atoms with Crippen LogP contribution >= 0.6 is 0 Å². The molecule has 17 heavy (non-hydrogen) atoms. The molecule has 0 amide bonds. The van der Waals surface area contributed by atoms with Gasteiger partial charge in [-0.2, -0.15) is 0 Å². The van der Waals surface area contributed by atoms with Crippen molar-refractivity contribution >= 4 is 0 Å². The van der Waals surface area contributed by atoms with Crippen LogP contribution in [0.4, 0.5) is 4.39 Å². The molecule has 0 aliphatic carbocycles. The summed E-state index contributed by atoms with van der Waals surface area (Å²) in [5, 5.41) is 8.90. The van der Waals surface area contributed by atoms with Crippen LogP contribution in [0.3, 0.4) is 0 Å². The maximum absolute atomic E-state index is 13.8. The van der Waals surface area contributed by atoms with Crippen LogP contribution in [-0.2, 0) is 6.42 Å². The van der Waals surface area contributed by atoms with Crippen molar-refractivity contribution in [1.82, 2.24) is 0 Å². The van der Waals surface area contributed by atoms with Gasteiger partial charge < -0.3 is 5.11 Å². The average Bonchev–Trinajstić information content (AvgIpc) is 2.32. The van der Waals surface area contributed by atoms with Crippen LogP contribution in [0, 0.1) is 12.7 Å². The molecule has 0 heterocycles. The Balaban J connectivity index is 2.46. The number of hydrogen-bond acceptors (Lipinski definition) is 1. The molecule has 88 valence electrons. The first-order valence-corrected chi connectivity index (χ1v) is 5.67. The summed E-state index contributed by atoms with van der Waals surface area (Å²) >= 11 is 0. The second-order valence-corrected chi connectivity index (χ2v) is 4.16. The highest BCUT2D eigenvalue weighted by Gasteiger charge is 2.06. The highest BCUT2D eigenvalue weighted by atomic mass is 19.1. The van der Waals surface area contributed by atoms with E-state index in [1.54, 1.807) is 12.1 Å². The third kappa shape index (κ3) is 2.71. The summed E-state index contributed by atoms with van der Waals surface area (Å²) < 4.78 is 13.8. The molecule has 0 radical (unpaired) electrons. The van der Waals surface area contributed by atoms with Gasteiger partial charge in [0.25, 0.3) is 0 Å².